The van der Waals surface area contributed by atoms with Crippen LogP contribution in [0.25, 0.3) is 6.08 Å². The summed E-state index contributed by atoms with van der Waals surface area (Å²) in [6.45, 7) is 1.48. The summed E-state index contributed by atoms with van der Waals surface area (Å²) in [4.78, 5) is 27.5. The van der Waals surface area contributed by atoms with Gasteiger partial charge in [-0.25, -0.2) is 4.79 Å². The van der Waals surface area contributed by atoms with E-state index in [1.54, 1.807) is 24.5 Å². The normalized spacial score (nSPS) is 11.0. The molecular formula is C17H15NO3. The zero-order chi connectivity index (χ0) is 15.1. The Morgan fingerprint density at radius 2 is 1.76 bits per heavy atom. The summed E-state index contributed by atoms with van der Waals surface area (Å²) in [6.07, 6.45) is 4.70. The molecule has 0 spiro atoms. The van der Waals surface area contributed by atoms with Crippen LogP contribution in [0.4, 0.5) is 0 Å². The molecule has 0 saturated heterocycles. The quantitative estimate of drug-likeness (QED) is 0.366. The average Bonchev–Trinajstić information content (AvgIpc) is 2.52. The number of Topliss-reactive ketones (excluding diaryl/α,β-unsaturated/α-hetero) is 1. The van der Waals surface area contributed by atoms with E-state index in [4.69, 9.17) is 4.74 Å². The summed E-state index contributed by atoms with van der Waals surface area (Å²) in [7, 11) is 0. The molecule has 106 valence electrons. The number of aromatic nitrogens is 1. The molecule has 1 aromatic heterocycles. The summed E-state index contributed by atoms with van der Waals surface area (Å²) in [5, 5.41) is 0. The molecule has 0 unspecified atom stereocenters. The minimum atomic E-state index is -0.622. The van der Waals surface area contributed by atoms with Crippen LogP contribution in [0, 0.1) is 0 Å². The summed E-state index contributed by atoms with van der Waals surface area (Å²) in [5.41, 5.74) is 1.63. The van der Waals surface area contributed by atoms with Gasteiger partial charge in [0.1, 0.15) is 12.2 Å². The third-order valence-electron chi connectivity index (χ3n) is 2.83. The molecule has 0 aliphatic carbocycles. The van der Waals surface area contributed by atoms with E-state index in [2.05, 4.69) is 4.98 Å². The maximum absolute atomic E-state index is 12.0. The molecule has 2 rings (SSSR count). The highest BCUT2D eigenvalue weighted by Crippen LogP contribution is 2.10. The second-order valence-electron chi connectivity index (χ2n) is 4.46. The van der Waals surface area contributed by atoms with Crippen LogP contribution >= 0.6 is 0 Å². The van der Waals surface area contributed by atoms with E-state index >= 15 is 0 Å². The predicted molar refractivity (Wildman–Crippen MR) is 79.1 cm³/mol. The van der Waals surface area contributed by atoms with Crippen molar-refractivity contribution in [2.45, 2.75) is 13.5 Å². The van der Waals surface area contributed by atoms with Gasteiger partial charge in [0.25, 0.3) is 0 Å². The Balaban J connectivity index is 2.10. The second kappa shape index (κ2) is 7.14. The first kappa shape index (κ1) is 14.7. The van der Waals surface area contributed by atoms with Crippen LogP contribution in [0.5, 0.6) is 0 Å². The molecule has 0 aliphatic heterocycles. The van der Waals surface area contributed by atoms with Crippen molar-refractivity contribution in [2.75, 3.05) is 0 Å². The van der Waals surface area contributed by atoms with Gasteiger partial charge in [0, 0.05) is 12.4 Å². The van der Waals surface area contributed by atoms with Crippen molar-refractivity contribution in [2.24, 2.45) is 0 Å². The summed E-state index contributed by atoms with van der Waals surface area (Å²) in [6, 6.07) is 12.8. The van der Waals surface area contributed by atoms with Gasteiger partial charge in [0.15, 0.2) is 5.78 Å². The van der Waals surface area contributed by atoms with Gasteiger partial charge in [-0.3, -0.25) is 9.78 Å². The van der Waals surface area contributed by atoms with Crippen LogP contribution in [0.3, 0.4) is 0 Å². The maximum atomic E-state index is 12.0. The van der Waals surface area contributed by atoms with Gasteiger partial charge in [-0.1, -0.05) is 30.3 Å². The molecule has 1 aromatic carbocycles. The first-order valence-corrected chi connectivity index (χ1v) is 6.50. The van der Waals surface area contributed by atoms with Crippen LogP contribution in [-0.4, -0.2) is 16.7 Å². The van der Waals surface area contributed by atoms with E-state index in [1.165, 1.54) is 13.0 Å². The lowest BCUT2D eigenvalue weighted by Crippen LogP contribution is -2.13. The minimum absolute atomic E-state index is 0.0251. The Labute approximate surface area is 123 Å². The molecule has 0 N–H and O–H groups in total. The summed E-state index contributed by atoms with van der Waals surface area (Å²) >= 11 is 0. The highest BCUT2D eigenvalue weighted by molar-refractivity contribution is 6.19. The van der Waals surface area contributed by atoms with E-state index in [1.807, 2.05) is 30.3 Å². The van der Waals surface area contributed by atoms with Crippen molar-refractivity contribution in [1.29, 1.82) is 0 Å². The third kappa shape index (κ3) is 4.38. The van der Waals surface area contributed by atoms with Gasteiger partial charge in [-0.2, -0.15) is 0 Å². The molecule has 0 fully saturated rings. The number of pyridine rings is 1. The first-order valence-electron chi connectivity index (χ1n) is 6.50. The topological polar surface area (TPSA) is 56.3 Å². The maximum Gasteiger partial charge on any atom is 0.342 e. The van der Waals surface area contributed by atoms with Crippen molar-refractivity contribution < 1.29 is 14.3 Å². The fourth-order valence-electron chi connectivity index (χ4n) is 1.73. The lowest BCUT2D eigenvalue weighted by molar-refractivity contribution is -0.141. The monoisotopic (exact) mass is 281 g/mol. The van der Waals surface area contributed by atoms with E-state index in [0.29, 0.717) is 0 Å². The molecule has 0 saturated carbocycles. The molecule has 4 nitrogen and oxygen atoms in total. The number of nitrogens with zero attached hydrogens (tertiary/aromatic N) is 1. The fraction of sp³-hybridized carbons (Fsp3) is 0.118. The van der Waals surface area contributed by atoms with E-state index < -0.39 is 5.97 Å². The highest BCUT2D eigenvalue weighted by atomic mass is 16.5. The molecule has 1 heterocycles. The Hall–Kier alpha value is -2.75. The van der Waals surface area contributed by atoms with Crippen molar-refractivity contribution in [3.63, 3.8) is 0 Å². The van der Waals surface area contributed by atoms with Gasteiger partial charge in [-0.15, -0.1) is 0 Å². The molecule has 0 amide bonds. The number of rotatable bonds is 5. The van der Waals surface area contributed by atoms with Crippen LogP contribution in [0.15, 0.2) is 60.4 Å². The molecule has 0 atom stereocenters. The largest absolute Gasteiger partial charge is 0.457 e. The fourth-order valence-corrected chi connectivity index (χ4v) is 1.73. The van der Waals surface area contributed by atoms with E-state index in [0.717, 1.165) is 11.1 Å². The standard InChI is InChI=1S/C17H15NO3/c1-13(19)16(11-14-7-9-18-10-8-14)17(20)21-12-15-5-3-2-4-6-15/h2-11H,12H2,1H3. The molecule has 0 aliphatic rings. The number of ketones is 1. The van der Waals surface area contributed by atoms with Crippen LogP contribution in [-0.2, 0) is 20.9 Å². The van der Waals surface area contributed by atoms with Gasteiger partial charge < -0.3 is 4.74 Å². The number of ether oxygens (including phenoxy) is 1. The zero-order valence-electron chi connectivity index (χ0n) is 11.7. The lowest BCUT2D eigenvalue weighted by Gasteiger charge is -2.06. The highest BCUT2D eigenvalue weighted by Gasteiger charge is 2.16. The number of carbonyl (C=O) groups is 2. The number of carbonyl (C=O) groups excluding carboxylic acids is 2. The predicted octanol–water partition coefficient (Wildman–Crippen LogP) is 2.80. The van der Waals surface area contributed by atoms with Crippen LogP contribution in [0.1, 0.15) is 18.1 Å². The number of hydrogen-bond donors (Lipinski definition) is 0. The molecule has 0 bridgehead atoms. The zero-order valence-corrected chi connectivity index (χ0v) is 11.7. The van der Waals surface area contributed by atoms with Gasteiger partial charge >= 0.3 is 5.97 Å². The number of esters is 1. The number of hydrogen-bond acceptors (Lipinski definition) is 4. The van der Waals surface area contributed by atoms with Crippen LogP contribution < -0.4 is 0 Å². The van der Waals surface area contributed by atoms with Crippen LogP contribution in [0.2, 0.25) is 0 Å². The molecule has 0 radical (unpaired) electrons. The van der Waals surface area contributed by atoms with Crippen molar-refractivity contribution in [1.82, 2.24) is 4.98 Å². The smallest absolute Gasteiger partial charge is 0.342 e. The van der Waals surface area contributed by atoms with Gasteiger partial charge in [0.05, 0.1) is 0 Å². The molecule has 4 heteroatoms. The van der Waals surface area contributed by atoms with Gasteiger partial charge in [-0.05, 0) is 36.3 Å². The molecule has 21 heavy (non-hydrogen) atoms. The first-order chi connectivity index (χ1) is 10.2. The van der Waals surface area contributed by atoms with Crippen molar-refractivity contribution >= 4 is 17.8 Å². The SMILES string of the molecule is CC(=O)C(=Cc1ccncc1)C(=O)OCc1ccccc1. The molecule has 2 aromatic rings. The number of benzene rings is 1. The minimum Gasteiger partial charge on any atom is -0.457 e. The Bertz CT molecular complexity index is 648. The second-order valence-corrected chi connectivity index (χ2v) is 4.46. The molecular weight excluding hydrogens is 266 g/mol. The lowest BCUT2D eigenvalue weighted by atomic mass is 10.1. The summed E-state index contributed by atoms with van der Waals surface area (Å²) < 4.78 is 5.18. The Kier molecular flexibility index (Phi) is 4.99. The Morgan fingerprint density at radius 3 is 2.38 bits per heavy atom. The summed E-state index contributed by atoms with van der Waals surface area (Å²) in [5.74, 6) is -0.951. The average molecular weight is 281 g/mol. The third-order valence-corrected chi connectivity index (χ3v) is 2.83. The van der Waals surface area contributed by atoms with Crippen molar-refractivity contribution in [3.8, 4) is 0 Å². The van der Waals surface area contributed by atoms with Gasteiger partial charge in [0.2, 0.25) is 0 Å². The Morgan fingerprint density at radius 1 is 1.10 bits per heavy atom. The van der Waals surface area contributed by atoms with E-state index in [9.17, 15) is 9.59 Å². The van der Waals surface area contributed by atoms with E-state index in [-0.39, 0.29) is 18.0 Å². The van der Waals surface area contributed by atoms with Crippen molar-refractivity contribution in [3.05, 3.63) is 71.6 Å².